The van der Waals surface area contributed by atoms with Gasteiger partial charge in [-0.15, -0.1) is 0 Å². The molecule has 1 unspecified atom stereocenters. The Bertz CT molecular complexity index is 1190. The number of halogens is 1. The maximum absolute atomic E-state index is 13.0. The van der Waals surface area contributed by atoms with Gasteiger partial charge in [0.15, 0.2) is 5.69 Å². The topological polar surface area (TPSA) is 122 Å². The number of aromatic nitrogens is 2. The molecule has 1 atom stereocenters. The maximum atomic E-state index is 13.0. The molecule has 9 heteroatoms. The Morgan fingerprint density at radius 1 is 1.21 bits per heavy atom. The van der Waals surface area contributed by atoms with Gasteiger partial charge in [-0.3, -0.25) is 10.1 Å². The van der Waals surface area contributed by atoms with E-state index in [2.05, 4.69) is 29.6 Å². The monoisotopic (exact) mass is 467 g/mol. The minimum absolute atomic E-state index is 0.0410. The van der Waals surface area contributed by atoms with Crippen LogP contribution in [-0.2, 0) is 11.8 Å². The average Bonchev–Trinajstić information content (AvgIpc) is 3.09. The highest BCUT2D eigenvalue weighted by Crippen LogP contribution is 2.36. The van der Waals surface area contributed by atoms with Crippen LogP contribution in [0.15, 0.2) is 48.5 Å². The zero-order valence-corrected chi connectivity index (χ0v) is 19.7. The van der Waals surface area contributed by atoms with Crippen molar-refractivity contribution in [1.29, 1.82) is 0 Å². The summed E-state index contributed by atoms with van der Waals surface area (Å²) < 4.78 is 14.5. The van der Waals surface area contributed by atoms with E-state index in [0.717, 1.165) is 17.7 Å². The quantitative estimate of drug-likeness (QED) is 0.471. The van der Waals surface area contributed by atoms with Gasteiger partial charge in [-0.25, -0.2) is 13.9 Å². The van der Waals surface area contributed by atoms with E-state index in [1.54, 1.807) is 13.0 Å². The molecule has 4 rings (SSSR count). The Morgan fingerprint density at radius 2 is 1.88 bits per heavy atom. The zero-order valence-electron chi connectivity index (χ0n) is 19.7. The van der Waals surface area contributed by atoms with Gasteiger partial charge in [-0.05, 0) is 60.6 Å². The number of rotatable bonds is 3. The molecule has 180 valence electrons. The van der Waals surface area contributed by atoms with E-state index < -0.39 is 6.03 Å². The van der Waals surface area contributed by atoms with Crippen LogP contribution in [-0.4, -0.2) is 40.0 Å². The van der Waals surface area contributed by atoms with E-state index in [-0.39, 0.29) is 28.9 Å². The third-order valence-electron chi connectivity index (χ3n) is 5.80. The molecule has 0 radical (unpaired) electrons. The molecule has 3 aromatic rings. The summed E-state index contributed by atoms with van der Waals surface area (Å²) in [5.41, 5.74) is 8.75. The molecule has 0 bridgehead atoms. The summed E-state index contributed by atoms with van der Waals surface area (Å²) >= 11 is 0. The van der Waals surface area contributed by atoms with Crippen LogP contribution >= 0.6 is 0 Å². The van der Waals surface area contributed by atoms with Gasteiger partial charge in [0.25, 0.3) is 5.91 Å². The Morgan fingerprint density at radius 3 is 2.50 bits per heavy atom. The number of amides is 3. The number of para-hydroxylation sites is 1. The van der Waals surface area contributed by atoms with Crippen LogP contribution in [0.4, 0.5) is 15.0 Å². The molecular formula is C25H30FN5O3. The molecule has 1 heterocycles. The number of nitrogens with zero attached hydrogens (tertiary/aromatic N) is 2. The van der Waals surface area contributed by atoms with E-state index in [9.17, 15) is 19.1 Å². The van der Waals surface area contributed by atoms with Crippen molar-refractivity contribution >= 4 is 17.8 Å². The summed E-state index contributed by atoms with van der Waals surface area (Å²) in [5.74, 6) is -0.166. The van der Waals surface area contributed by atoms with Crippen molar-refractivity contribution in [3.8, 4) is 5.69 Å². The molecule has 0 saturated carbocycles. The van der Waals surface area contributed by atoms with Crippen molar-refractivity contribution in [1.82, 2.24) is 15.1 Å². The Labute approximate surface area is 198 Å². The summed E-state index contributed by atoms with van der Waals surface area (Å²) in [6.45, 7) is 5.88. The SMILES string of the molecule is CC1(C)CC(O)Cc2cc(F)ccc21.CNC(=O)c1nn(-c2ccccc2)c(NC(N)=O)c1C. The summed E-state index contributed by atoms with van der Waals surface area (Å²) in [5, 5.41) is 18.9. The smallest absolute Gasteiger partial charge is 0.317 e. The third-order valence-corrected chi connectivity index (χ3v) is 5.80. The van der Waals surface area contributed by atoms with Crippen molar-refractivity contribution in [3.63, 3.8) is 0 Å². The van der Waals surface area contributed by atoms with E-state index in [4.69, 9.17) is 5.73 Å². The Balaban J connectivity index is 0.000000202. The first-order chi connectivity index (χ1) is 16.0. The van der Waals surface area contributed by atoms with Gasteiger partial charge in [-0.1, -0.05) is 38.1 Å². The number of urea groups is 1. The molecule has 8 nitrogen and oxygen atoms in total. The van der Waals surface area contributed by atoms with Crippen LogP contribution in [0.2, 0.25) is 0 Å². The largest absolute Gasteiger partial charge is 0.393 e. The Kier molecular flexibility index (Phi) is 7.36. The molecule has 0 fully saturated rings. The zero-order chi connectivity index (χ0) is 25.0. The lowest BCUT2D eigenvalue weighted by molar-refractivity contribution is 0.0957. The molecule has 1 aliphatic rings. The lowest BCUT2D eigenvalue weighted by Crippen LogP contribution is -2.32. The molecular weight excluding hydrogens is 437 g/mol. The summed E-state index contributed by atoms with van der Waals surface area (Å²) in [6.07, 6.45) is 1.00. The van der Waals surface area contributed by atoms with Gasteiger partial charge in [0, 0.05) is 12.6 Å². The first-order valence-electron chi connectivity index (χ1n) is 10.9. The standard InChI is InChI=1S/C13H15N5O2.C12H15FO/c1-8-10(12(19)15-2)17-18(11(8)16-13(14)20)9-6-4-3-5-7-9;1-12(2)7-10(14)6-8-5-9(13)3-4-11(8)12/h3-7H,1-2H3,(H,15,19)(H3,14,16,20);3-5,10,14H,6-7H2,1-2H3. The van der Waals surface area contributed by atoms with Crippen LogP contribution in [0.1, 0.15) is 47.4 Å². The molecule has 5 N–H and O–H groups in total. The molecule has 1 aliphatic carbocycles. The fraction of sp³-hybridized carbons (Fsp3) is 0.320. The number of hydrogen-bond donors (Lipinski definition) is 4. The highest BCUT2D eigenvalue weighted by Gasteiger charge is 2.32. The lowest BCUT2D eigenvalue weighted by Gasteiger charge is -2.35. The second-order valence-electron chi connectivity index (χ2n) is 8.89. The molecule has 1 aromatic heterocycles. The third kappa shape index (κ3) is 5.43. The van der Waals surface area contributed by atoms with Crippen LogP contribution in [0.3, 0.4) is 0 Å². The van der Waals surface area contributed by atoms with Gasteiger partial charge in [-0.2, -0.15) is 5.10 Å². The first-order valence-corrected chi connectivity index (χ1v) is 10.9. The number of primary amides is 1. The number of carbonyl (C=O) groups excluding carboxylic acids is 2. The van der Waals surface area contributed by atoms with Gasteiger partial charge >= 0.3 is 6.03 Å². The van der Waals surface area contributed by atoms with Crippen molar-refractivity contribution < 1.29 is 19.1 Å². The minimum atomic E-state index is -0.714. The van der Waals surface area contributed by atoms with Crippen molar-refractivity contribution in [3.05, 3.63) is 76.7 Å². The number of aliphatic hydroxyl groups excluding tert-OH is 1. The summed E-state index contributed by atoms with van der Waals surface area (Å²) in [4.78, 5) is 22.9. The van der Waals surface area contributed by atoms with E-state index in [1.165, 1.54) is 23.4 Å². The van der Waals surface area contributed by atoms with Crippen LogP contribution in [0.5, 0.6) is 0 Å². The van der Waals surface area contributed by atoms with Crippen LogP contribution in [0, 0.1) is 12.7 Å². The second-order valence-corrected chi connectivity index (χ2v) is 8.89. The van der Waals surface area contributed by atoms with Gasteiger partial charge in [0.2, 0.25) is 0 Å². The predicted octanol–water partition coefficient (Wildman–Crippen LogP) is 3.44. The number of hydrogen-bond acceptors (Lipinski definition) is 4. The molecule has 0 aliphatic heterocycles. The lowest BCUT2D eigenvalue weighted by atomic mass is 9.72. The molecule has 3 amide bonds. The number of carbonyl (C=O) groups is 2. The van der Waals surface area contributed by atoms with E-state index in [1.807, 2.05) is 36.4 Å². The highest BCUT2D eigenvalue weighted by atomic mass is 19.1. The fourth-order valence-electron chi connectivity index (χ4n) is 4.27. The summed E-state index contributed by atoms with van der Waals surface area (Å²) in [7, 11) is 1.52. The number of aliphatic hydroxyl groups is 1. The highest BCUT2D eigenvalue weighted by molar-refractivity contribution is 5.97. The fourth-order valence-corrected chi connectivity index (χ4v) is 4.27. The minimum Gasteiger partial charge on any atom is -0.393 e. The average molecular weight is 468 g/mol. The number of anilines is 1. The van der Waals surface area contributed by atoms with Crippen LogP contribution in [0.25, 0.3) is 5.69 Å². The predicted molar refractivity (Wildman–Crippen MR) is 129 cm³/mol. The molecule has 2 aromatic carbocycles. The number of benzene rings is 2. The maximum Gasteiger partial charge on any atom is 0.317 e. The van der Waals surface area contributed by atoms with E-state index >= 15 is 0 Å². The molecule has 0 saturated heterocycles. The first kappa shape index (κ1) is 24.9. The van der Waals surface area contributed by atoms with Gasteiger partial charge < -0.3 is 16.2 Å². The van der Waals surface area contributed by atoms with Crippen LogP contribution < -0.4 is 16.4 Å². The molecule has 34 heavy (non-hydrogen) atoms. The van der Waals surface area contributed by atoms with Crippen molar-refractivity contribution in [2.24, 2.45) is 5.73 Å². The van der Waals surface area contributed by atoms with Crippen molar-refractivity contribution in [2.75, 3.05) is 12.4 Å². The summed E-state index contributed by atoms with van der Waals surface area (Å²) in [6, 6.07) is 13.3. The second kappa shape index (κ2) is 10.0. The molecule has 0 spiro atoms. The number of nitrogens with two attached hydrogens (primary N) is 1. The number of fused-ring (bicyclic) bond motifs is 1. The van der Waals surface area contributed by atoms with E-state index in [0.29, 0.717) is 17.8 Å². The van der Waals surface area contributed by atoms with Gasteiger partial charge in [0.1, 0.15) is 11.6 Å². The number of nitrogens with one attached hydrogen (secondary N) is 2. The normalized spacial score (nSPS) is 16.0. The Hall–Kier alpha value is -3.72. The van der Waals surface area contributed by atoms with Crippen molar-refractivity contribution in [2.45, 2.75) is 45.1 Å². The van der Waals surface area contributed by atoms with Gasteiger partial charge in [0.05, 0.1) is 11.8 Å².